The van der Waals surface area contributed by atoms with Crippen LogP contribution >= 0.6 is 0 Å². The molecule has 362 valence electrons. The first kappa shape index (κ1) is 80.8. The van der Waals surface area contributed by atoms with Crippen molar-refractivity contribution in [3.8, 4) is 0 Å². The second-order valence-corrected chi connectivity index (χ2v) is 17.6. The molecule has 0 aliphatic heterocycles. The van der Waals surface area contributed by atoms with Crippen molar-refractivity contribution >= 4 is 0 Å². The molecule has 0 aromatic rings. The van der Waals surface area contributed by atoms with Crippen molar-refractivity contribution in [1.29, 1.82) is 0 Å². The van der Waals surface area contributed by atoms with Gasteiger partial charge < -0.3 is 14.2 Å². The van der Waals surface area contributed by atoms with E-state index in [2.05, 4.69) is 145 Å². The van der Waals surface area contributed by atoms with E-state index in [0.717, 1.165) is 81.1 Å². The van der Waals surface area contributed by atoms with Crippen molar-refractivity contribution < 1.29 is 14.2 Å². The van der Waals surface area contributed by atoms with E-state index in [1.54, 1.807) is 0 Å². The lowest BCUT2D eigenvalue weighted by atomic mass is 10.1. The fourth-order valence-corrected chi connectivity index (χ4v) is 4.65. The summed E-state index contributed by atoms with van der Waals surface area (Å²) in [6.07, 6.45) is 18.9. The monoisotopic (exact) mass is 825 g/mol. The first-order valence-corrected chi connectivity index (χ1v) is 25.4. The van der Waals surface area contributed by atoms with Crippen LogP contribution in [-0.2, 0) is 14.2 Å². The van der Waals surface area contributed by atoms with Crippen molar-refractivity contribution in [2.24, 2.45) is 41.4 Å². The summed E-state index contributed by atoms with van der Waals surface area (Å²) in [5, 5.41) is 0. The van der Waals surface area contributed by atoms with Crippen LogP contribution in [-0.4, -0.2) is 39.6 Å². The summed E-state index contributed by atoms with van der Waals surface area (Å²) in [6.45, 7) is 64.1. The number of hydrogen-bond acceptors (Lipinski definition) is 3. The van der Waals surface area contributed by atoms with Crippen molar-refractivity contribution in [2.75, 3.05) is 39.6 Å². The molecule has 57 heavy (non-hydrogen) atoms. The maximum Gasteiger partial charge on any atom is 0.0437 e. The Balaban J connectivity index is -0.0000000539. The molecule has 0 saturated heterocycles. The van der Waals surface area contributed by atoms with E-state index >= 15 is 0 Å². The van der Waals surface area contributed by atoms with Gasteiger partial charge in [-0.15, -0.1) is 0 Å². The maximum atomic E-state index is 4.83. The largest absolute Gasteiger partial charge is 0.382 e. The topological polar surface area (TPSA) is 27.7 Å². The highest BCUT2D eigenvalue weighted by Crippen LogP contribution is 2.03. The summed E-state index contributed by atoms with van der Waals surface area (Å²) in [4.78, 5) is 0. The van der Waals surface area contributed by atoms with E-state index in [1.165, 1.54) is 89.9 Å². The van der Waals surface area contributed by atoms with Crippen LogP contribution in [0.2, 0.25) is 0 Å². The first-order chi connectivity index (χ1) is 26.6. The number of rotatable bonds is 20. The molecular formula is C54H128O3. The van der Waals surface area contributed by atoms with Gasteiger partial charge in [0.25, 0.3) is 0 Å². The molecule has 0 aromatic carbocycles. The van der Waals surface area contributed by atoms with Crippen LogP contribution in [0.25, 0.3) is 0 Å². The fourth-order valence-electron chi connectivity index (χ4n) is 4.65. The van der Waals surface area contributed by atoms with Crippen molar-refractivity contribution in [2.45, 2.75) is 277 Å². The lowest BCUT2D eigenvalue weighted by Crippen LogP contribution is -1.84. The Labute approximate surface area is 370 Å². The average molecular weight is 826 g/mol. The van der Waals surface area contributed by atoms with Crippen LogP contribution in [0, 0.1) is 41.4 Å². The minimum Gasteiger partial charge on any atom is -0.382 e. The second kappa shape index (κ2) is 87.4. The second-order valence-electron chi connectivity index (χ2n) is 17.6. The van der Waals surface area contributed by atoms with Crippen LogP contribution in [0.3, 0.4) is 0 Å². The maximum absolute atomic E-state index is 4.83. The number of hydrogen-bond donors (Lipinski definition) is 0. The fraction of sp³-hybridized carbons (Fsp3) is 1.00. The van der Waals surface area contributed by atoms with Crippen LogP contribution < -0.4 is 0 Å². The molecule has 0 aliphatic rings. The average Bonchev–Trinajstić information content (AvgIpc) is 3.08. The summed E-state index contributed by atoms with van der Waals surface area (Å²) in [7, 11) is 0. The van der Waals surface area contributed by atoms with Gasteiger partial charge in [0.05, 0.1) is 0 Å². The van der Waals surface area contributed by atoms with Gasteiger partial charge in [-0.3, -0.25) is 0 Å². The highest BCUT2D eigenvalue weighted by Gasteiger charge is 1.89. The van der Waals surface area contributed by atoms with Crippen molar-refractivity contribution in [1.82, 2.24) is 0 Å². The Morgan fingerprint density at radius 2 is 0.281 bits per heavy atom. The van der Waals surface area contributed by atoms with Gasteiger partial charge >= 0.3 is 0 Å². The molecule has 0 rings (SSSR count). The molecule has 0 amide bonds. The molecule has 0 saturated carbocycles. The Morgan fingerprint density at radius 3 is 0.281 bits per heavy atom. The standard InChI is InChI=1S/7C6H14.3C4H10O/c7*1-4-5-6(2)3;3*1-3-5-4-2/h7*6H,4-5H2,1-3H3;3*3-4H2,1-2H3. The van der Waals surface area contributed by atoms with Crippen LogP contribution in [0.1, 0.15) is 277 Å². The van der Waals surface area contributed by atoms with Gasteiger partial charge in [-0.25, -0.2) is 0 Å². The SMILES string of the molecule is CCCC(C)C.CCCC(C)C.CCCC(C)C.CCCC(C)C.CCCC(C)C.CCCC(C)C.CCCC(C)C.CCOCC.CCOCC.CCOCC. The smallest absolute Gasteiger partial charge is 0.0437 e. The van der Waals surface area contributed by atoms with Crippen LogP contribution in [0.4, 0.5) is 0 Å². The summed E-state index contributed by atoms with van der Waals surface area (Å²) in [5.74, 6) is 6.29. The van der Waals surface area contributed by atoms with E-state index in [4.69, 9.17) is 14.2 Å². The predicted molar refractivity (Wildman–Crippen MR) is 275 cm³/mol. The lowest BCUT2D eigenvalue weighted by Gasteiger charge is -1.95. The molecule has 0 fully saturated rings. The van der Waals surface area contributed by atoms with Gasteiger partial charge in [0.15, 0.2) is 0 Å². The Kier molecular flexibility index (Phi) is 124. The summed E-state index contributed by atoms with van der Waals surface area (Å²) < 4.78 is 14.5. The molecule has 0 spiro atoms. The Bertz CT molecular complexity index is 365. The van der Waals surface area contributed by atoms with Crippen LogP contribution in [0.15, 0.2) is 0 Å². The van der Waals surface area contributed by atoms with Crippen molar-refractivity contribution in [3.05, 3.63) is 0 Å². The molecule has 0 aromatic heterocycles. The summed E-state index contributed by atoms with van der Waals surface area (Å²) in [6, 6.07) is 0. The minimum absolute atomic E-state index is 0.844. The molecule has 0 unspecified atom stereocenters. The van der Waals surface area contributed by atoms with E-state index in [9.17, 15) is 0 Å². The zero-order valence-corrected chi connectivity index (χ0v) is 46.4. The normalized spacial score (nSPS) is 9.58. The van der Waals surface area contributed by atoms with E-state index in [0.29, 0.717) is 0 Å². The summed E-state index contributed by atoms with van der Waals surface area (Å²) in [5.41, 5.74) is 0. The molecule has 3 heteroatoms. The quantitative estimate of drug-likeness (QED) is 0.122. The van der Waals surface area contributed by atoms with Crippen LogP contribution in [0.5, 0.6) is 0 Å². The van der Waals surface area contributed by atoms with Gasteiger partial charge in [0, 0.05) is 39.6 Å². The molecule has 0 atom stereocenters. The molecule has 0 heterocycles. The highest BCUT2D eigenvalue weighted by atomic mass is 16.5. The lowest BCUT2D eigenvalue weighted by molar-refractivity contribution is 0.162. The third kappa shape index (κ3) is 225. The molecular weight excluding hydrogens is 697 g/mol. The zero-order valence-electron chi connectivity index (χ0n) is 46.4. The van der Waals surface area contributed by atoms with Gasteiger partial charge in [-0.05, 0) is 83.0 Å². The molecule has 0 N–H and O–H groups in total. The highest BCUT2D eigenvalue weighted by molar-refractivity contribution is 4.42. The first-order valence-electron chi connectivity index (χ1n) is 25.4. The summed E-state index contributed by atoms with van der Waals surface area (Å²) >= 11 is 0. The third-order valence-corrected chi connectivity index (χ3v) is 7.29. The van der Waals surface area contributed by atoms with E-state index < -0.39 is 0 Å². The zero-order chi connectivity index (χ0) is 47.3. The van der Waals surface area contributed by atoms with E-state index in [1.807, 2.05) is 41.5 Å². The Hall–Kier alpha value is -0.120. The molecule has 0 bridgehead atoms. The van der Waals surface area contributed by atoms with Gasteiger partial charge in [0.2, 0.25) is 0 Å². The number of ether oxygens (including phenoxy) is 3. The van der Waals surface area contributed by atoms with Crippen molar-refractivity contribution in [3.63, 3.8) is 0 Å². The minimum atomic E-state index is 0.844. The third-order valence-electron chi connectivity index (χ3n) is 7.29. The molecule has 0 aliphatic carbocycles. The van der Waals surface area contributed by atoms with Gasteiger partial charge in [-0.1, -0.05) is 235 Å². The van der Waals surface area contributed by atoms with Gasteiger partial charge in [-0.2, -0.15) is 0 Å². The predicted octanol–water partition coefficient (Wildman–Crippen LogP) is 20.2. The Morgan fingerprint density at radius 1 is 0.193 bits per heavy atom. The van der Waals surface area contributed by atoms with Gasteiger partial charge in [0.1, 0.15) is 0 Å². The molecule has 0 radical (unpaired) electrons. The molecule has 3 nitrogen and oxygen atoms in total. The van der Waals surface area contributed by atoms with E-state index in [-0.39, 0.29) is 0 Å².